The molecule has 0 amide bonds. The van der Waals surface area contributed by atoms with E-state index in [9.17, 15) is 5.11 Å². The highest BCUT2D eigenvalue weighted by molar-refractivity contribution is 5.13. The summed E-state index contributed by atoms with van der Waals surface area (Å²) in [5, 5.41) is 14.3. The molecule has 1 N–H and O–H groups in total. The zero-order valence-corrected chi connectivity index (χ0v) is 9.39. The molecule has 0 saturated heterocycles. The molecule has 0 aromatic carbocycles. The molecule has 2 rings (SSSR count). The molecule has 1 heterocycles. The van der Waals surface area contributed by atoms with Crippen molar-refractivity contribution in [1.82, 2.24) is 9.78 Å². The summed E-state index contributed by atoms with van der Waals surface area (Å²) in [6, 6.07) is 0. The van der Waals surface area contributed by atoms with E-state index in [0.717, 1.165) is 19.4 Å². The lowest BCUT2D eigenvalue weighted by atomic mass is 9.92. The van der Waals surface area contributed by atoms with Gasteiger partial charge < -0.3 is 5.11 Å². The topological polar surface area (TPSA) is 38.0 Å². The van der Waals surface area contributed by atoms with E-state index in [2.05, 4.69) is 18.2 Å². The monoisotopic (exact) mass is 208 g/mol. The number of aryl methyl sites for hydroxylation is 1. The molecule has 3 nitrogen and oxygen atoms in total. The van der Waals surface area contributed by atoms with Crippen LogP contribution in [0.15, 0.2) is 12.4 Å². The Balaban J connectivity index is 2.12. The van der Waals surface area contributed by atoms with E-state index in [1.165, 1.54) is 24.8 Å². The average molecular weight is 208 g/mol. The van der Waals surface area contributed by atoms with Crippen molar-refractivity contribution in [3.8, 4) is 0 Å². The molecular formula is C12H20N2O. The molecule has 1 aromatic rings. The van der Waals surface area contributed by atoms with Crippen molar-refractivity contribution in [1.29, 1.82) is 0 Å². The van der Waals surface area contributed by atoms with Gasteiger partial charge in [0.25, 0.3) is 0 Å². The second-order valence-corrected chi connectivity index (χ2v) is 4.44. The van der Waals surface area contributed by atoms with Crippen LogP contribution < -0.4 is 0 Å². The first-order chi connectivity index (χ1) is 7.31. The standard InChI is InChI=1S/C12H20N2O/c1-2-14-9-10(8-13-14)11-6-4-3-5-7-12(11)15/h8-9,11-12,15H,2-7H2,1H3. The van der Waals surface area contributed by atoms with Crippen molar-refractivity contribution >= 4 is 0 Å². The molecule has 3 heteroatoms. The number of nitrogens with zero attached hydrogens (tertiary/aromatic N) is 2. The smallest absolute Gasteiger partial charge is 0.0609 e. The minimum atomic E-state index is -0.165. The van der Waals surface area contributed by atoms with Gasteiger partial charge in [0.05, 0.1) is 12.3 Å². The van der Waals surface area contributed by atoms with Crippen LogP contribution in [0.3, 0.4) is 0 Å². The Kier molecular flexibility index (Phi) is 3.41. The van der Waals surface area contributed by atoms with Crippen molar-refractivity contribution < 1.29 is 5.11 Å². The first-order valence-corrected chi connectivity index (χ1v) is 6.01. The van der Waals surface area contributed by atoms with Crippen LogP contribution >= 0.6 is 0 Å². The van der Waals surface area contributed by atoms with Crippen LogP contribution in [0.5, 0.6) is 0 Å². The van der Waals surface area contributed by atoms with Crippen LogP contribution in [0, 0.1) is 0 Å². The van der Waals surface area contributed by atoms with Crippen LogP contribution in [0.2, 0.25) is 0 Å². The number of aliphatic hydroxyl groups is 1. The predicted molar refractivity (Wildman–Crippen MR) is 59.7 cm³/mol. The zero-order chi connectivity index (χ0) is 10.7. The molecule has 84 valence electrons. The van der Waals surface area contributed by atoms with Crippen molar-refractivity contribution in [2.45, 2.75) is 57.6 Å². The molecular weight excluding hydrogens is 188 g/mol. The molecule has 15 heavy (non-hydrogen) atoms. The number of aliphatic hydroxyl groups excluding tert-OH is 1. The van der Waals surface area contributed by atoms with E-state index in [0.29, 0.717) is 5.92 Å². The maximum absolute atomic E-state index is 10.0. The van der Waals surface area contributed by atoms with E-state index in [1.54, 1.807) is 0 Å². The van der Waals surface area contributed by atoms with Crippen LogP contribution in [0.4, 0.5) is 0 Å². The van der Waals surface area contributed by atoms with E-state index in [1.807, 2.05) is 10.9 Å². The lowest BCUT2D eigenvalue weighted by Crippen LogP contribution is -2.16. The van der Waals surface area contributed by atoms with Crippen LogP contribution in [0.25, 0.3) is 0 Å². The Morgan fingerprint density at radius 3 is 2.93 bits per heavy atom. The summed E-state index contributed by atoms with van der Waals surface area (Å²) in [5.41, 5.74) is 1.21. The normalized spacial score (nSPS) is 27.6. The second kappa shape index (κ2) is 4.79. The van der Waals surface area contributed by atoms with E-state index in [4.69, 9.17) is 0 Å². The van der Waals surface area contributed by atoms with Gasteiger partial charge >= 0.3 is 0 Å². The van der Waals surface area contributed by atoms with Gasteiger partial charge in [-0.2, -0.15) is 5.10 Å². The fourth-order valence-corrected chi connectivity index (χ4v) is 2.42. The average Bonchev–Trinajstić information content (AvgIpc) is 2.62. The maximum atomic E-state index is 10.0. The van der Waals surface area contributed by atoms with Gasteiger partial charge in [-0.15, -0.1) is 0 Å². The molecule has 1 fully saturated rings. The number of aromatic nitrogens is 2. The number of rotatable bonds is 2. The Morgan fingerprint density at radius 2 is 2.20 bits per heavy atom. The Morgan fingerprint density at radius 1 is 1.40 bits per heavy atom. The molecule has 0 aliphatic heterocycles. The second-order valence-electron chi connectivity index (χ2n) is 4.44. The largest absolute Gasteiger partial charge is 0.392 e. The van der Waals surface area contributed by atoms with Gasteiger partial charge in [0.15, 0.2) is 0 Å². The van der Waals surface area contributed by atoms with Crippen molar-refractivity contribution in [3.05, 3.63) is 18.0 Å². The van der Waals surface area contributed by atoms with Gasteiger partial charge in [-0.25, -0.2) is 0 Å². The van der Waals surface area contributed by atoms with Gasteiger partial charge in [0, 0.05) is 18.7 Å². The van der Waals surface area contributed by atoms with Crippen molar-refractivity contribution in [2.75, 3.05) is 0 Å². The summed E-state index contributed by atoms with van der Waals surface area (Å²) in [4.78, 5) is 0. The minimum absolute atomic E-state index is 0.165. The van der Waals surface area contributed by atoms with Crippen molar-refractivity contribution in [2.24, 2.45) is 0 Å². The van der Waals surface area contributed by atoms with Crippen molar-refractivity contribution in [3.63, 3.8) is 0 Å². The highest BCUT2D eigenvalue weighted by Gasteiger charge is 2.24. The summed E-state index contributed by atoms with van der Waals surface area (Å²) in [6.45, 7) is 2.99. The highest BCUT2D eigenvalue weighted by atomic mass is 16.3. The fourth-order valence-electron chi connectivity index (χ4n) is 2.42. The van der Waals surface area contributed by atoms with E-state index < -0.39 is 0 Å². The van der Waals surface area contributed by atoms with E-state index >= 15 is 0 Å². The quantitative estimate of drug-likeness (QED) is 0.757. The third kappa shape index (κ3) is 2.40. The van der Waals surface area contributed by atoms with Gasteiger partial charge in [-0.3, -0.25) is 4.68 Å². The summed E-state index contributed by atoms with van der Waals surface area (Å²) in [5.74, 6) is 0.313. The SMILES string of the molecule is CCn1cc(C2CCCCCC2O)cn1. The molecule has 0 bridgehead atoms. The summed E-state index contributed by atoms with van der Waals surface area (Å²) in [6.07, 6.45) is 9.55. The van der Waals surface area contributed by atoms with Crippen LogP contribution in [-0.2, 0) is 6.54 Å². The lowest BCUT2D eigenvalue weighted by Gasteiger charge is -2.18. The Labute approximate surface area is 91.1 Å². The lowest BCUT2D eigenvalue weighted by molar-refractivity contribution is 0.135. The number of hydrogen-bond donors (Lipinski definition) is 1. The first-order valence-electron chi connectivity index (χ1n) is 6.01. The van der Waals surface area contributed by atoms with Crippen LogP contribution in [0.1, 0.15) is 50.5 Å². The molecule has 2 unspecified atom stereocenters. The third-order valence-corrected chi connectivity index (χ3v) is 3.38. The minimum Gasteiger partial charge on any atom is -0.392 e. The molecule has 0 radical (unpaired) electrons. The molecule has 2 atom stereocenters. The van der Waals surface area contributed by atoms with Gasteiger partial charge in [0.2, 0.25) is 0 Å². The third-order valence-electron chi connectivity index (χ3n) is 3.38. The zero-order valence-electron chi connectivity index (χ0n) is 9.39. The summed E-state index contributed by atoms with van der Waals surface area (Å²) in [7, 11) is 0. The molecule has 1 aliphatic carbocycles. The van der Waals surface area contributed by atoms with Gasteiger partial charge in [0.1, 0.15) is 0 Å². The first kappa shape index (κ1) is 10.7. The Bertz CT molecular complexity index is 308. The summed E-state index contributed by atoms with van der Waals surface area (Å²) >= 11 is 0. The fraction of sp³-hybridized carbons (Fsp3) is 0.750. The highest BCUT2D eigenvalue weighted by Crippen LogP contribution is 2.31. The maximum Gasteiger partial charge on any atom is 0.0609 e. The molecule has 1 saturated carbocycles. The van der Waals surface area contributed by atoms with E-state index in [-0.39, 0.29) is 6.10 Å². The van der Waals surface area contributed by atoms with Crippen LogP contribution in [-0.4, -0.2) is 21.0 Å². The Hall–Kier alpha value is -0.830. The summed E-state index contributed by atoms with van der Waals surface area (Å²) < 4.78 is 1.94. The van der Waals surface area contributed by atoms with Gasteiger partial charge in [-0.1, -0.05) is 19.3 Å². The predicted octanol–water partition coefficient (Wildman–Crippen LogP) is 2.31. The molecule has 1 aromatic heterocycles. The van der Waals surface area contributed by atoms with Gasteiger partial charge in [-0.05, 0) is 25.3 Å². The number of hydrogen-bond acceptors (Lipinski definition) is 2. The molecule has 1 aliphatic rings. The molecule has 0 spiro atoms.